The second-order valence-corrected chi connectivity index (χ2v) is 27.7. The zero-order chi connectivity index (χ0) is 58.3. The fraction of sp³-hybridized carbons (Fsp3) is 0.672. The normalized spacial score (nSPS) is 31.8. The van der Waals surface area contributed by atoms with Gasteiger partial charge in [-0.1, -0.05) is 112 Å². The molecule has 83 heavy (non-hydrogen) atoms. The van der Waals surface area contributed by atoms with Gasteiger partial charge < -0.3 is 41.7 Å². The van der Waals surface area contributed by atoms with Crippen molar-refractivity contribution < 1.29 is 38.6 Å². The molecule has 4 aliphatic heterocycles. The molecule has 0 unspecified atom stereocenters. The highest BCUT2D eigenvalue weighted by molar-refractivity contribution is 8.00. The number of benzene rings is 2. The second kappa shape index (κ2) is 27.6. The number of amides is 6. The van der Waals surface area contributed by atoms with Crippen LogP contribution in [0.1, 0.15) is 178 Å². The number of urea groups is 1. The van der Waals surface area contributed by atoms with Gasteiger partial charge in [0.2, 0.25) is 23.6 Å². The first-order chi connectivity index (χ1) is 40.1. The quantitative estimate of drug-likeness (QED) is 0.0206. The number of aliphatic hydroxyl groups excluding tert-OH is 1. The third kappa shape index (κ3) is 14.1. The summed E-state index contributed by atoms with van der Waals surface area (Å²) in [6.45, 7) is 13.1. The zero-order valence-electron chi connectivity index (χ0n) is 50.0. The summed E-state index contributed by atoms with van der Waals surface area (Å²) in [5.74, 6) is 3.30. The molecule has 10 rings (SSSR count). The van der Waals surface area contributed by atoms with Crippen LogP contribution in [0.3, 0.4) is 0 Å². The predicted octanol–water partition coefficient (Wildman–Crippen LogP) is 8.87. The van der Waals surface area contributed by atoms with Crippen LogP contribution in [-0.4, -0.2) is 131 Å². The Morgan fingerprint density at radius 1 is 0.807 bits per heavy atom. The molecule has 4 aliphatic carbocycles. The largest absolute Gasteiger partial charge is 0.393 e. The molecule has 8 aliphatic rings. The minimum atomic E-state index is -0.816. The van der Waals surface area contributed by atoms with Gasteiger partial charge in [-0.3, -0.25) is 28.9 Å². The number of hydrogen-bond acceptors (Lipinski definition) is 10. The maximum absolute atomic E-state index is 13.8. The minimum Gasteiger partial charge on any atom is -0.393 e. The smallest absolute Gasteiger partial charge is 0.315 e. The summed E-state index contributed by atoms with van der Waals surface area (Å²) in [5, 5.41) is 29.2. The van der Waals surface area contributed by atoms with Gasteiger partial charge in [-0.15, -0.1) is 0 Å². The van der Waals surface area contributed by atoms with Crippen LogP contribution in [-0.2, 0) is 30.3 Å². The van der Waals surface area contributed by atoms with E-state index in [1.165, 1.54) is 24.0 Å². The van der Waals surface area contributed by atoms with E-state index in [2.05, 4.69) is 70.6 Å². The molecular weight excluding hydrogens is 1060 g/mol. The third-order valence-corrected chi connectivity index (χ3v) is 22.5. The maximum atomic E-state index is 13.8. The van der Waals surface area contributed by atoms with Gasteiger partial charge in [0.25, 0.3) is 0 Å². The van der Waals surface area contributed by atoms with Crippen molar-refractivity contribution >= 4 is 47.2 Å². The average Bonchev–Trinajstić information content (AvgIpc) is 1.84. The Kier molecular flexibility index (Phi) is 20.3. The lowest BCUT2D eigenvalue weighted by molar-refractivity contribution is -0.129. The average molecular weight is 1160 g/mol. The highest BCUT2D eigenvalue weighted by Gasteiger charge is 2.61. The highest BCUT2D eigenvalue weighted by Crippen LogP contribution is 2.65. The molecule has 6 fully saturated rings. The van der Waals surface area contributed by atoms with Gasteiger partial charge in [-0.2, -0.15) is 11.8 Å². The lowest BCUT2D eigenvalue weighted by Crippen LogP contribution is -2.54. The Labute approximate surface area is 497 Å². The number of carbonyl (C=O) groups is 6. The van der Waals surface area contributed by atoms with E-state index in [4.69, 9.17) is 4.74 Å². The number of aliphatic hydroxyl groups is 1. The number of piperidine rings is 1. The van der Waals surface area contributed by atoms with Gasteiger partial charge >= 0.3 is 6.03 Å². The summed E-state index contributed by atoms with van der Waals surface area (Å²) in [5.41, 5.74) is 6.65. The number of hydrogen-bond donors (Lipinski definition) is 7. The molecule has 4 heterocycles. The number of carbonyl (C=O) groups excluding carboxylic acids is 6. The van der Waals surface area contributed by atoms with E-state index in [-0.39, 0.29) is 83.6 Å². The first-order valence-corrected chi connectivity index (χ1v) is 33.1. The van der Waals surface area contributed by atoms with Crippen molar-refractivity contribution in [2.45, 2.75) is 210 Å². The van der Waals surface area contributed by atoms with Gasteiger partial charge in [-0.05, 0) is 137 Å². The van der Waals surface area contributed by atoms with E-state index in [1.54, 1.807) is 29.8 Å². The molecule has 1 spiro atoms. The maximum Gasteiger partial charge on any atom is 0.315 e. The molecule has 2 aromatic carbocycles. The Hall–Kier alpha value is -5.03. The first kappa shape index (κ1) is 61.1. The van der Waals surface area contributed by atoms with Gasteiger partial charge in [-0.25, -0.2) is 4.79 Å². The van der Waals surface area contributed by atoms with Crippen LogP contribution in [0.5, 0.6) is 0 Å². The van der Waals surface area contributed by atoms with Gasteiger partial charge in [0.05, 0.1) is 29.9 Å². The molecule has 14 atom stereocenters. The number of nitrogens with zero attached hydrogens (tertiary/aromatic N) is 1. The molecular formula is C67H95N7O8S. The van der Waals surface area contributed by atoms with Gasteiger partial charge in [0.15, 0.2) is 5.78 Å². The molecule has 2 aromatic rings. The Balaban J connectivity index is 0.635. The Morgan fingerprint density at radius 2 is 1.51 bits per heavy atom. The van der Waals surface area contributed by atoms with E-state index in [1.807, 2.05) is 42.1 Å². The van der Waals surface area contributed by atoms with Crippen LogP contribution in [0.25, 0.3) is 0 Å². The van der Waals surface area contributed by atoms with Crippen molar-refractivity contribution in [3.63, 3.8) is 0 Å². The van der Waals surface area contributed by atoms with Crippen LogP contribution in [0, 0.1) is 35.0 Å². The van der Waals surface area contributed by atoms with Crippen LogP contribution in [0.15, 0.2) is 77.4 Å². The molecule has 0 aromatic heterocycles. The van der Waals surface area contributed by atoms with Crippen LogP contribution < -0.4 is 31.9 Å². The fourth-order valence-electron chi connectivity index (χ4n) is 16.5. The summed E-state index contributed by atoms with van der Waals surface area (Å²) < 4.78 is 7.39. The number of unbranched alkanes of at least 4 members (excludes halogenated alkanes) is 5. The van der Waals surface area contributed by atoms with Crippen LogP contribution in [0.4, 0.5) is 4.79 Å². The fourth-order valence-corrected chi connectivity index (χ4v) is 18.1. The van der Waals surface area contributed by atoms with Gasteiger partial charge in [0.1, 0.15) is 6.04 Å². The zero-order valence-corrected chi connectivity index (χ0v) is 50.8. The topological polar surface area (TPSA) is 207 Å². The molecule has 0 bridgehead atoms. The molecule has 16 heteroatoms. The van der Waals surface area contributed by atoms with Crippen LogP contribution >= 0.6 is 11.8 Å². The predicted molar refractivity (Wildman–Crippen MR) is 325 cm³/mol. The van der Waals surface area contributed by atoms with Crippen molar-refractivity contribution in [3.8, 4) is 0 Å². The number of nitrogens with one attached hydrogen (secondary N) is 6. The second-order valence-electron chi connectivity index (χ2n) is 26.4. The summed E-state index contributed by atoms with van der Waals surface area (Å²) in [6.07, 6.45) is 19.4. The van der Waals surface area contributed by atoms with Crippen molar-refractivity contribution in [1.29, 1.82) is 0 Å². The van der Waals surface area contributed by atoms with Crippen LogP contribution in [0.2, 0.25) is 0 Å². The van der Waals surface area contributed by atoms with E-state index < -0.39 is 6.04 Å². The number of ketones is 1. The minimum absolute atomic E-state index is 0.0299. The van der Waals surface area contributed by atoms with Crippen molar-refractivity contribution in [2.75, 3.05) is 38.5 Å². The van der Waals surface area contributed by atoms with E-state index in [0.717, 1.165) is 101 Å². The number of rotatable bonds is 26. The first-order valence-electron chi connectivity index (χ1n) is 32.1. The number of allylic oxidation sites excluding steroid dienone is 2. The number of ether oxygens (including phenoxy) is 1. The summed E-state index contributed by atoms with van der Waals surface area (Å²) >= 11 is 1.89. The van der Waals surface area contributed by atoms with E-state index >= 15 is 0 Å². The van der Waals surface area contributed by atoms with Crippen molar-refractivity contribution in [2.24, 2.45) is 35.0 Å². The Bertz CT molecular complexity index is 2700. The lowest BCUT2D eigenvalue weighted by Gasteiger charge is -2.49. The van der Waals surface area contributed by atoms with Crippen molar-refractivity contribution in [1.82, 2.24) is 36.8 Å². The monoisotopic (exact) mass is 1160 g/mol. The van der Waals surface area contributed by atoms with Gasteiger partial charge in [0, 0.05) is 92.5 Å². The van der Waals surface area contributed by atoms with E-state index in [9.17, 15) is 33.9 Å². The standard InChI is InChI=1S/C67H95N7O8S/c1-42-36-56-62(44(3)67(82-56)31-29-50-51-27-26-48-38-49(75)28-30-66(48,4)53(51)39-52(50)43(67)2)74(40-42)35-34-69-59(77)19-10-6-15-33-70-64(80)54(37-45-22-24-47(25-23-45)63(79)46-16-8-5-9-17-46)71-60(78)21-11-7-14-32-68-58(76)20-13-12-18-57-61-55(41-83-57)72-65(81)73-61/h5,8-9,16-17,22-26,42,44,49-51,53-57,61-62,75H,6-7,10-15,18-21,27-41H2,1-4H3,(H,68,76)(H,69,77)(H,70,80)(H,71,78)(H2,72,73,81)/t42-,44+,49-,50-,51-,53-,54-,55-,56+,57-,61-,62-,66-,67-/m0/s1. The molecule has 7 N–H and O–H groups in total. The molecule has 0 radical (unpaired) electrons. The molecule has 4 saturated heterocycles. The molecule has 15 nitrogen and oxygen atoms in total. The number of likely N-dealkylation sites (tertiary alicyclic amines) is 1. The number of fused-ring (bicyclic) bond motifs is 7. The SMILES string of the molecule is CC1=C2C[C@H]3[C@@H](CC=C4C[C@@H](O)CC[C@@]43C)[C@@H]2CC[C@]12O[C@@H]1C[C@H](C)CN(CCNC(=O)CCCCCNC(=O)[C@H](Cc3ccc(C(=O)c4ccccc4)cc3)NC(=O)CCCCCNC(=O)CCCC[C@@H]3SC[C@@H]4NC(=O)N[C@@H]43)[C@H]1[C@H]2C. The van der Waals surface area contributed by atoms with E-state index in [0.29, 0.717) is 104 Å². The highest BCUT2D eigenvalue weighted by atomic mass is 32.2. The lowest BCUT2D eigenvalue weighted by atomic mass is 9.56. The Morgan fingerprint density at radius 3 is 2.27 bits per heavy atom. The third-order valence-electron chi connectivity index (χ3n) is 21.0. The number of thioether (sulfide) groups is 1. The molecule has 6 amide bonds. The molecule has 2 saturated carbocycles. The summed E-state index contributed by atoms with van der Waals surface area (Å²) in [7, 11) is 0. The van der Waals surface area contributed by atoms with Crippen molar-refractivity contribution in [3.05, 3.63) is 94.1 Å². The summed E-state index contributed by atoms with van der Waals surface area (Å²) in [4.78, 5) is 80.3. The molecule has 452 valence electrons. The summed E-state index contributed by atoms with van der Waals surface area (Å²) in [6, 6.07) is 16.1.